The molecule has 2 aromatic rings. The molecule has 1 amide bonds. The van der Waals surface area contributed by atoms with Crippen LogP contribution in [0.3, 0.4) is 0 Å². The van der Waals surface area contributed by atoms with Crippen LogP contribution in [0.15, 0.2) is 42.7 Å². The number of amides is 1. The van der Waals surface area contributed by atoms with E-state index in [9.17, 15) is 4.79 Å². The summed E-state index contributed by atoms with van der Waals surface area (Å²) < 4.78 is 5.90. The van der Waals surface area contributed by atoms with Crippen molar-refractivity contribution in [1.82, 2.24) is 9.88 Å². The molecule has 0 spiro atoms. The first-order chi connectivity index (χ1) is 11.9. The van der Waals surface area contributed by atoms with Crippen molar-refractivity contribution < 1.29 is 9.53 Å². The van der Waals surface area contributed by atoms with Gasteiger partial charge in [0.15, 0.2) is 0 Å². The summed E-state index contributed by atoms with van der Waals surface area (Å²) in [6, 6.07) is 9.77. The molecule has 1 aromatic heterocycles. The van der Waals surface area contributed by atoms with Gasteiger partial charge in [0.25, 0.3) is 5.91 Å². The van der Waals surface area contributed by atoms with Crippen molar-refractivity contribution in [3.05, 3.63) is 53.9 Å². The summed E-state index contributed by atoms with van der Waals surface area (Å²) in [6.07, 6.45) is 3.50. The maximum absolute atomic E-state index is 12.5. The summed E-state index contributed by atoms with van der Waals surface area (Å²) >= 11 is 0. The van der Waals surface area contributed by atoms with E-state index in [2.05, 4.69) is 17.2 Å². The summed E-state index contributed by atoms with van der Waals surface area (Å²) in [5, 5.41) is 3.36. The number of hydrogen-bond acceptors (Lipinski definition) is 4. The minimum absolute atomic E-state index is 0.00603. The third kappa shape index (κ3) is 5.48. The predicted octanol–water partition coefficient (Wildman–Crippen LogP) is 3.75. The van der Waals surface area contributed by atoms with Crippen LogP contribution in [0.1, 0.15) is 36.7 Å². The molecular formula is C20H27N3O2. The summed E-state index contributed by atoms with van der Waals surface area (Å²) in [5.41, 5.74) is 2.67. The highest BCUT2D eigenvalue weighted by Gasteiger charge is 2.16. The molecule has 1 aromatic carbocycles. The van der Waals surface area contributed by atoms with E-state index < -0.39 is 0 Å². The number of carbonyl (C=O) groups excluding carboxylic acids is 1. The van der Waals surface area contributed by atoms with Crippen LogP contribution in [-0.2, 0) is 0 Å². The molecule has 0 saturated carbocycles. The summed E-state index contributed by atoms with van der Waals surface area (Å²) in [4.78, 5) is 18.3. The summed E-state index contributed by atoms with van der Waals surface area (Å²) in [7, 11) is 1.82. The van der Waals surface area contributed by atoms with Crippen molar-refractivity contribution in [2.75, 3.05) is 19.0 Å². The Morgan fingerprint density at radius 3 is 2.52 bits per heavy atom. The van der Waals surface area contributed by atoms with Crippen molar-refractivity contribution in [1.29, 1.82) is 0 Å². The maximum Gasteiger partial charge on any atom is 0.253 e. The fourth-order valence-corrected chi connectivity index (χ4v) is 2.39. The lowest BCUT2D eigenvalue weighted by Gasteiger charge is -2.22. The Labute approximate surface area is 150 Å². The van der Waals surface area contributed by atoms with E-state index in [-0.39, 0.29) is 18.0 Å². The van der Waals surface area contributed by atoms with E-state index in [4.69, 9.17) is 4.74 Å². The molecule has 25 heavy (non-hydrogen) atoms. The number of anilines is 1. The molecular weight excluding hydrogens is 314 g/mol. The minimum atomic E-state index is 0.00603. The summed E-state index contributed by atoms with van der Waals surface area (Å²) in [6.45, 7) is 8.51. The molecule has 2 rings (SSSR count). The van der Waals surface area contributed by atoms with Gasteiger partial charge in [-0.3, -0.25) is 9.78 Å². The van der Waals surface area contributed by atoms with Crippen molar-refractivity contribution in [3.63, 3.8) is 0 Å². The van der Waals surface area contributed by atoms with Crippen molar-refractivity contribution in [2.24, 2.45) is 0 Å². The van der Waals surface area contributed by atoms with Gasteiger partial charge in [0.05, 0.1) is 6.04 Å². The van der Waals surface area contributed by atoms with Crippen molar-refractivity contribution >= 4 is 11.6 Å². The molecule has 134 valence electrons. The van der Waals surface area contributed by atoms with Crippen molar-refractivity contribution in [2.45, 2.75) is 39.8 Å². The van der Waals surface area contributed by atoms with Gasteiger partial charge in [0, 0.05) is 36.7 Å². The minimum Gasteiger partial charge on any atom is -0.491 e. The van der Waals surface area contributed by atoms with Gasteiger partial charge in [-0.1, -0.05) is 0 Å². The number of aryl methyl sites for hydroxylation is 1. The van der Waals surface area contributed by atoms with Gasteiger partial charge >= 0.3 is 0 Å². The van der Waals surface area contributed by atoms with E-state index in [1.807, 2.05) is 58.2 Å². The van der Waals surface area contributed by atoms with Crippen LogP contribution in [0, 0.1) is 6.92 Å². The predicted molar refractivity (Wildman–Crippen MR) is 101 cm³/mol. The molecule has 1 heterocycles. The molecule has 0 bridgehead atoms. The van der Waals surface area contributed by atoms with Crippen LogP contribution < -0.4 is 10.1 Å². The molecule has 0 aliphatic heterocycles. The third-order valence-electron chi connectivity index (χ3n) is 3.99. The highest BCUT2D eigenvalue weighted by Crippen LogP contribution is 2.19. The van der Waals surface area contributed by atoms with Crippen LogP contribution in [-0.4, -0.2) is 41.5 Å². The van der Waals surface area contributed by atoms with Crippen LogP contribution in [0.2, 0.25) is 0 Å². The number of nitrogens with one attached hydrogen (secondary N) is 1. The molecule has 0 fully saturated rings. The molecule has 5 heteroatoms. The van der Waals surface area contributed by atoms with Gasteiger partial charge < -0.3 is 15.0 Å². The zero-order valence-corrected chi connectivity index (χ0v) is 15.6. The number of ether oxygens (including phenoxy) is 1. The van der Waals surface area contributed by atoms with Crippen LogP contribution in [0.5, 0.6) is 5.75 Å². The van der Waals surface area contributed by atoms with Gasteiger partial charge in [0.2, 0.25) is 0 Å². The number of benzene rings is 1. The Morgan fingerprint density at radius 2 is 1.88 bits per heavy atom. The molecule has 1 N–H and O–H groups in total. The second-order valence-corrected chi connectivity index (χ2v) is 6.64. The molecule has 0 radical (unpaired) electrons. The van der Waals surface area contributed by atoms with Gasteiger partial charge in [-0.15, -0.1) is 0 Å². The average Bonchev–Trinajstić information content (AvgIpc) is 2.59. The van der Waals surface area contributed by atoms with Crippen LogP contribution in [0.4, 0.5) is 5.69 Å². The second-order valence-electron chi connectivity index (χ2n) is 6.64. The van der Waals surface area contributed by atoms with Gasteiger partial charge in [0.1, 0.15) is 12.4 Å². The van der Waals surface area contributed by atoms with E-state index in [0.29, 0.717) is 17.9 Å². The monoisotopic (exact) mass is 341 g/mol. The zero-order chi connectivity index (χ0) is 18.4. The first-order valence-corrected chi connectivity index (χ1v) is 8.55. The Balaban J connectivity index is 2.01. The zero-order valence-electron chi connectivity index (χ0n) is 15.6. The van der Waals surface area contributed by atoms with E-state index in [1.54, 1.807) is 17.3 Å². The SMILES string of the molecule is Cc1cc(OC[C@H](C)Nc2ccncc2)cc(C(=O)N(C)C(C)C)c1. The number of carbonyl (C=O) groups is 1. The number of aromatic nitrogens is 1. The number of hydrogen-bond donors (Lipinski definition) is 1. The normalized spacial score (nSPS) is 11.9. The third-order valence-corrected chi connectivity index (χ3v) is 3.99. The van der Waals surface area contributed by atoms with Gasteiger partial charge in [-0.25, -0.2) is 0 Å². The lowest BCUT2D eigenvalue weighted by molar-refractivity contribution is 0.0754. The lowest BCUT2D eigenvalue weighted by Crippen LogP contribution is -2.33. The largest absolute Gasteiger partial charge is 0.491 e. The van der Waals surface area contributed by atoms with E-state index in [0.717, 1.165) is 11.3 Å². The van der Waals surface area contributed by atoms with E-state index in [1.165, 1.54) is 0 Å². The number of pyridine rings is 1. The van der Waals surface area contributed by atoms with Crippen LogP contribution in [0.25, 0.3) is 0 Å². The molecule has 0 aliphatic rings. The highest BCUT2D eigenvalue weighted by molar-refractivity contribution is 5.94. The van der Waals surface area contributed by atoms with E-state index >= 15 is 0 Å². The highest BCUT2D eigenvalue weighted by atomic mass is 16.5. The quantitative estimate of drug-likeness (QED) is 0.833. The maximum atomic E-state index is 12.5. The van der Waals surface area contributed by atoms with Crippen LogP contribution >= 0.6 is 0 Å². The number of rotatable bonds is 7. The fourth-order valence-electron chi connectivity index (χ4n) is 2.39. The summed E-state index contributed by atoms with van der Waals surface area (Å²) in [5.74, 6) is 0.718. The Hall–Kier alpha value is -2.56. The first kappa shape index (κ1) is 18.8. The Bertz CT molecular complexity index is 701. The Morgan fingerprint density at radius 1 is 1.20 bits per heavy atom. The topological polar surface area (TPSA) is 54.5 Å². The standard InChI is InChI=1S/C20H27N3O2/c1-14(2)23(5)20(24)17-10-15(3)11-19(12-17)25-13-16(4)22-18-6-8-21-9-7-18/h6-12,14,16H,13H2,1-5H3,(H,21,22)/t16-/m0/s1. The fraction of sp³-hybridized carbons (Fsp3) is 0.400. The molecule has 5 nitrogen and oxygen atoms in total. The van der Waals surface area contributed by atoms with Gasteiger partial charge in [-0.2, -0.15) is 0 Å². The first-order valence-electron chi connectivity index (χ1n) is 8.55. The average molecular weight is 341 g/mol. The molecule has 0 aliphatic carbocycles. The Kier molecular flexibility index (Phi) is 6.39. The molecule has 0 saturated heterocycles. The van der Waals surface area contributed by atoms with Gasteiger partial charge in [-0.05, 0) is 63.6 Å². The second kappa shape index (κ2) is 8.51. The number of nitrogens with zero attached hydrogens (tertiary/aromatic N) is 2. The lowest BCUT2D eigenvalue weighted by atomic mass is 10.1. The van der Waals surface area contributed by atoms with Crippen molar-refractivity contribution in [3.8, 4) is 5.75 Å². The molecule has 1 atom stereocenters. The molecule has 0 unspecified atom stereocenters. The smallest absolute Gasteiger partial charge is 0.253 e.